The molecular weight excluding hydrogens is 272 g/mol. The van der Waals surface area contributed by atoms with Gasteiger partial charge in [0.15, 0.2) is 0 Å². The highest BCUT2D eigenvalue weighted by atomic mass is 32.2. The van der Waals surface area contributed by atoms with E-state index < -0.39 is 26.7 Å². The molecular formula is C11H16N2O5S. The molecule has 1 aromatic carbocycles. The van der Waals surface area contributed by atoms with E-state index >= 15 is 0 Å². The number of hydrogen-bond donors (Lipinski definition) is 2. The lowest BCUT2D eigenvalue weighted by Gasteiger charge is -2.14. The number of rotatable bonds is 7. The quantitative estimate of drug-likeness (QED) is 0.569. The van der Waals surface area contributed by atoms with Crippen molar-refractivity contribution in [3.8, 4) is 0 Å². The van der Waals surface area contributed by atoms with E-state index in [9.17, 15) is 18.5 Å². The van der Waals surface area contributed by atoms with Gasteiger partial charge in [0.05, 0.1) is 17.3 Å². The van der Waals surface area contributed by atoms with Crippen molar-refractivity contribution in [2.45, 2.75) is 25.1 Å². The summed E-state index contributed by atoms with van der Waals surface area (Å²) in [6, 6.07) is 5.10. The lowest BCUT2D eigenvalue weighted by atomic mass is 10.2. The number of aliphatic hydroxyl groups is 1. The van der Waals surface area contributed by atoms with Crippen LogP contribution in [0.15, 0.2) is 24.3 Å². The minimum Gasteiger partial charge on any atom is -0.395 e. The Bertz CT molecular complexity index is 540. The highest BCUT2D eigenvalue weighted by Crippen LogP contribution is 2.19. The van der Waals surface area contributed by atoms with Crippen LogP contribution in [0.25, 0.3) is 0 Å². The number of hydrogen-bond acceptors (Lipinski definition) is 5. The Kier molecular flexibility index (Phi) is 5.40. The van der Waals surface area contributed by atoms with Crippen LogP contribution in [0, 0.1) is 10.1 Å². The highest BCUT2D eigenvalue weighted by molar-refractivity contribution is 7.88. The lowest BCUT2D eigenvalue weighted by molar-refractivity contribution is -0.385. The Morgan fingerprint density at radius 3 is 2.58 bits per heavy atom. The summed E-state index contributed by atoms with van der Waals surface area (Å²) in [5.41, 5.74) is -0.113. The topological polar surface area (TPSA) is 110 Å². The summed E-state index contributed by atoms with van der Waals surface area (Å²) in [6.45, 7) is 1.42. The van der Waals surface area contributed by atoms with E-state index in [1.165, 1.54) is 18.2 Å². The first kappa shape index (κ1) is 15.5. The van der Waals surface area contributed by atoms with E-state index in [2.05, 4.69) is 4.72 Å². The molecule has 7 nitrogen and oxygen atoms in total. The summed E-state index contributed by atoms with van der Waals surface area (Å²) in [6.07, 6.45) is 0.437. The number of sulfonamides is 1. The zero-order valence-corrected chi connectivity index (χ0v) is 11.3. The number of nitro groups is 1. The molecule has 0 amide bonds. The third-order valence-corrected chi connectivity index (χ3v) is 3.98. The normalized spacial score (nSPS) is 13.2. The number of benzene rings is 1. The van der Waals surface area contributed by atoms with Crippen LogP contribution in [0.2, 0.25) is 0 Å². The maximum atomic E-state index is 11.9. The summed E-state index contributed by atoms with van der Waals surface area (Å²) < 4.78 is 26.0. The van der Waals surface area contributed by atoms with Crippen molar-refractivity contribution in [1.29, 1.82) is 0 Å². The van der Waals surface area contributed by atoms with Crippen molar-refractivity contribution in [2.24, 2.45) is 0 Å². The molecule has 0 unspecified atom stereocenters. The van der Waals surface area contributed by atoms with Crippen molar-refractivity contribution in [3.05, 3.63) is 39.9 Å². The van der Waals surface area contributed by atoms with Crippen molar-refractivity contribution < 1.29 is 18.4 Å². The second kappa shape index (κ2) is 6.60. The van der Waals surface area contributed by atoms with Gasteiger partial charge in [-0.2, -0.15) is 0 Å². The van der Waals surface area contributed by atoms with Gasteiger partial charge in [-0.3, -0.25) is 10.1 Å². The smallest absolute Gasteiger partial charge is 0.273 e. The van der Waals surface area contributed by atoms with Crippen LogP contribution in [0.1, 0.15) is 18.9 Å². The number of para-hydroxylation sites is 1. The Balaban J connectivity index is 2.93. The zero-order valence-electron chi connectivity index (χ0n) is 10.4. The molecule has 1 rings (SSSR count). The van der Waals surface area contributed by atoms with E-state index in [-0.39, 0.29) is 17.9 Å². The first-order valence-corrected chi connectivity index (χ1v) is 7.38. The van der Waals surface area contributed by atoms with Crippen molar-refractivity contribution in [2.75, 3.05) is 6.61 Å². The molecule has 1 aromatic rings. The second-order valence-electron chi connectivity index (χ2n) is 4.05. The number of aliphatic hydroxyl groups excluding tert-OH is 1. The van der Waals surface area contributed by atoms with Gasteiger partial charge >= 0.3 is 0 Å². The van der Waals surface area contributed by atoms with Crippen LogP contribution in [-0.2, 0) is 15.8 Å². The molecule has 0 spiro atoms. The van der Waals surface area contributed by atoms with Gasteiger partial charge in [-0.1, -0.05) is 25.1 Å². The molecule has 19 heavy (non-hydrogen) atoms. The second-order valence-corrected chi connectivity index (χ2v) is 5.80. The van der Waals surface area contributed by atoms with Crippen LogP contribution >= 0.6 is 0 Å². The largest absolute Gasteiger partial charge is 0.395 e. The standard InChI is InChI=1S/C11H16N2O5S/c1-2-10(7-14)12-19(17,18)8-9-5-3-4-6-11(9)13(15)16/h3-6,10,12,14H,2,7-8H2,1H3/t10-/m0/s1. The van der Waals surface area contributed by atoms with Crippen LogP contribution in [0.5, 0.6) is 0 Å². The number of nitrogens with one attached hydrogen (secondary N) is 1. The third kappa shape index (κ3) is 4.58. The van der Waals surface area contributed by atoms with Crippen LogP contribution in [0.4, 0.5) is 5.69 Å². The molecule has 1 atom stereocenters. The Hall–Kier alpha value is -1.51. The zero-order chi connectivity index (χ0) is 14.5. The van der Waals surface area contributed by atoms with E-state index in [0.717, 1.165) is 0 Å². The highest BCUT2D eigenvalue weighted by Gasteiger charge is 2.21. The van der Waals surface area contributed by atoms with E-state index in [1.54, 1.807) is 13.0 Å². The van der Waals surface area contributed by atoms with Gasteiger partial charge in [-0.25, -0.2) is 13.1 Å². The van der Waals surface area contributed by atoms with Gasteiger partial charge in [0.25, 0.3) is 5.69 Å². The molecule has 0 radical (unpaired) electrons. The van der Waals surface area contributed by atoms with Crippen molar-refractivity contribution in [1.82, 2.24) is 4.72 Å². The summed E-state index contributed by atoms with van der Waals surface area (Å²) in [4.78, 5) is 10.2. The van der Waals surface area contributed by atoms with E-state index in [4.69, 9.17) is 5.11 Å². The molecule has 0 aliphatic rings. The molecule has 2 N–H and O–H groups in total. The molecule has 0 aromatic heterocycles. The molecule has 0 heterocycles. The average molecular weight is 288 g/mol. The molecule has 0 aliphatic heterocycles. The summed E-state index contributed by atoms with van der Waals surface area (Å²) in [7, 11) is -3.73. The lowest BCUT2D eigenvalue weighted by Crippen LogP contribution is -2.37. The average Bonchev–Trinajstić information content (AvgIpc) is 2.35. The number of nitro benzene ring substituents is 1. The van der Waals surface area contributed by atoms with E-state index in [1.807, 2.05) is 0 Å². The minimum atomic E-state index is -3.73. The molecule has 0 aliphatic carbocycles. The third-order valence-electron chi connectivity index (χ3n) is 2.59. The summed E-state index contributed by atoms with van der Waals surface area (Å²) in [5, 5.41) is 19.8. The maximum Gasteiger partial charge on any atom is 0.273 e. The van der Waals surface area contributed by atoms with Crippen LogP contribution < -0.4 is 4.72 Å². The van der Waals surface area contributed by atoms with Gasteiger partial charge in [-0.15, -0.1) is 0 Å². The molecule has 8 heteroatoms. The molecule has 0 fully saturated rings. The first-order chi connectivity index (χ1) is 8.89. The summed E-state index contributed by atoms with van der Waals surface area (Å²) >= 11 is 0. The predicted octanol–water partition coefficient (Wildman–Crippen LogP) is 0.785. The van der Waals surface area contributed by atoms with Crippen molar-refractivity contribution in [3.63, 3.8) is 0 Å². The molecule has 0 bridgehead atoms. The molecule has 0 saturated carbocycles. The molecule has 106 valence electrons. The Morgan fingerprint density at radius 1 is 1.42 bits per heavy atom. The van der Waals surface area contributed by atoms with Crippen molar-refractivity contribution >= 4 is 15.7 Å². The van der Waals surface area contributed by atoms with E-state index in [0.29, 0.717) is 6.42 Å². The maximum absolute atomic E-state index is 11.9. The molecule has 0 saturated heterocycles. The fraction of sp³-hybridized carbons (Fsp3) is 0.455. The van der Waals surface area contributed by atoms with Gasteiger partial charge in [-0.05, 0) is 6.42 Å². The van der Waals surface area contributed by atoms with Crippen LogP contribution in [0.3, 0.4) is 0 Å². The van der Waals surface area contributed by atoms with Gasteiger partial charge in [0.2, 0.25) is 10.0 Å². The first-order valence-electron chi connectivity index (χ1n) is 5.72. The SMILES string of the molecule is CC[C@@H](CO)NS(=O)(=O)Cc1ccccc1[N+](=O)[O-]. The fourth-order valence-electron chi connectivity index (χ4n) is 1.56. The van der Waals surface area contributed by atoms with Crippen LogP contribution in [-0.4, -0.2) is 31.1 Å². The van der Waals surface area contributed by atoms with Gasteiger partial charge < -0.3 is 5.11 Å². The van der Waals surface area contributed by atoms with Gasteiger partial charge in [0.1, 0.15) is 0 Å². The fourth-order valence-corrected chi connectivity index (χ4v) is 3.05. The Morgan fingerprint density at radius 2 is 2.05 bits per heavy atom. The minimum absolute atomic E-state index is 0.118. The predicted molar refractivity (Wildman–Crippen MR) is 70.0 cm³/mol. The Labute approximate surface area is 111 Å². The monoisotopic (exact) mass is 288 g/mol. The number of nitrogens with zero attached hydrogens (tertiary/aromatic N) is 1. The van der Waals surface area contributed by atoms with Gasteiger partial charge in [0, 0.05) is 17.7 Å². The summed E-state index contributed by atoms with van der Waals surface area (Å²) in [5.74, 6) is -0.485.